The Morgan fingerprint density at radius 3 is 2.16 bits per heavy atom. The van der Waals surface area contributed by atoms with Crippen molar-refractivity contribution in [2.45, 2.75) is 0 Å². The van der Waals surface area contributed by atoms with Gasteiger partial charge >= 0.3 is 0 Å². The number of rotatable bonds is 5. The summed E-state index contributed by atoms with van der Waals surface area (Å²) in [6.45, 7) is 1.43. The van der Waals surface area contributed by atoms with Gasteiger partial charge in [-0.3, -0.25) is 4.90 Å². The number of amidine groups is 1. The van der Waals surface area contributed by atoms with Crippen LogP contribution in [0.1, 0.15) is 0 Å². The number of piperazine rings is 1. The Morgan fingerprint density at radius 2 is 1.74 bits per heavy atom. The Balaban J connectivity index is 2.59. The molecule has 11 heteroatoms. The summed E-state index contributed by atoms with van der Waals surface area (Å²) in [5, 5.41) is 10.4. The van der Waals surface area contributed by atoms with Crippen LogP contribution in [0, 0.1) is 0 Å². The van der Waals surface area contributed by atoms with Gasteiger partial charge in [0.2, 0.25) is 10.0 Å². The van der Waals surface area contributed by atoms with Crippen LogP contribution in [0.15, 0.2) is 5.16 Å². The van der Waals surface area contributed by atoms with Crippen molar-refractivity contribution in [3.63, 3.8) is 0 Å². The van der Waals surface area contributed by atoms with Gasteiger partial charge in [-0.25, -0.2) is 16.8 Å². The third-order valence-corrected chi connectivity index (χ3v) is 6.66. The van der Waals surface area contributed by atoms with Gasteiger partial charge in [-0.05, 0) is 0 Å². The largest absolute Gasteiger partial charge is 0.409 e. The van der Waals surface area contributed by atoms with E-state index in [1.807, 2.05) is 4.90 Å². The lowest BCUT2D eigenvalue weighted by Crippen LogP contribution is -2.51. The summed E-state index contributed by atoms with van der Waals surface area (Å²) in [4.78, 5) is 1.82. The number of sulfone groups is 1. The van der Waals surface area contributed by atoms with E-state index >= 15 is 0 Å². The summed E-state index contributed by atoms with van der Waals surface area (Å²) in [6, 6.07) is 0. The van der Waals surface area contributed by atoms with Crippen LogP contribution in [0.5, 0.6) is 0 Å². The quantitative estimate of drug-likeness (QED) is 0.252. The van der Waals surface area contributed by atoms with Crippen LogP contribution in [0.4, 0.5) is 0 Å². The maximum Gasteiger partial charge on any atom is 0.228 e. The van der Waals surface area contributed by atoms with Crippen molar-refractivity contribution in [2.75, 3.05) is 44.1 Å². The second-order valence-electron chi connectivity index (χ2n) is 4.42. The fourth-order valence-electron chi connectivity index (χ4n) is 1.77. The molecule has 0 amide bonds. The first kappa shape index (κ1) is 16.1. The number of oxime groups is 1. The van der Waals surface area contributed by atoms with E-state index in [-0.39, 0.29) is 25.5 Å². The lowest BCUT2D eigenvalue weighted by molar-refractivity contribution is 0.207. The van der Waals surface area contributed by atoms with E-state index in [0.717, 1.165) is 10.6 Å². The zero-order valence-electron chi connectivity index (χ0n) is 10.6. The molecule has 1 aliphatic heterocycles. The predicted octanol–water partition coefficient (Wildman–Crippen LogP) is -2.32. The molecular formula is C8H18N4O5S2. The standard InChI is InChI=1S/C8H18N4O5S2/c1-18(14,15)7-19(16,17)12-4-2-11(3-5-12)6-8(9)10-13/h13H,2-7H2,1H3,(H2,9,10). The molecule has 1 saturated heterocycles. The molecule has 0 aromatic rings. The fourth-order valence-corrected chi connectivity index (χ4v) is 5.25. The van der Waals surface area contributed by atoms with Crippen LogP contribution < -0.4 is 5.73 Å². The molecule has 0 aliphatic carbocycles. The van der Waals surface area contributed by atoms with E-state index in [1.165, 1.54) is 0 Å². The molecule has 1 rings (SSSR count). The van der Waals surface area contributed by atoms with Gasteiger partial charge in [-0.2, -0.15) is 4.31 Å². The first-order chi connectivity index (χ1) is 8.64. The SMILES string of the molecule is CS(=O)(=O)CS(=O)(=O)N1CCN(CC(N)=NO)CC1. The van der Waals surface area contributed by atoms with Crippen LogP contribution in [-0.4, -0.2) is 81.1 Å². The minimum Gasteiger partial charge on any atom is -0.409 e. The smallest absolute Gasteiger partial charge is 0.228 e. The van der Waals surface area contributed by atoms with Crippen molar-refractivity contribution < 1.29 is 22.0 Å². The van der Waals surface area contributed by atoms with Crippen molar-refractivity contribution in [3.8, 4) is 0 Å². The van der Waals surface area contributed by atoms with E-state index in [9.17, 15) is 16.8 Å². The third kappa shape index (κ3) is 5.30. The molecule has 0 aromatic heterocycles. The van der Waals surface area contributed by atoms with Gasteiger partial charge in [0.05, 0.1) is 6.54 Å². The van der Waals surface area contributed by atoms with E-state index in [2.05, 4.69) is 5.16 Å². The number of nitrogens with two attached hydrogens (primary N) is 1. The fraction of sp³-hybridized carbons (Fsp3) is 0.875. The zero-order chi connectivity index (χ0) is 14.7. The number of sulfonamides is 1. The molecular weight excluding hydrogens is 296 g/mol. The maximum absolute atomic E-state index is 11.8. The Hall–Kier alpha value is -0.910. The average Bonchev–Trinajstić information content (AvgIpc) is 2.26. The van der Waals surface area contributed by atoms with Crippen molar-refractivity contribution in [1.29, 1.82) is 0 Å². The van der Waals surface area contributed by atoms with Gasteiger partial charge in [0.1, 0.15) is 0 Å². The second-order valence-corrected chi connectivity index (χ2v) is 8.90. The van der Waals surface area contributed by atoms with Crippen molar-refractivity contribution in [3.05, 3.63) is 0 Å². The van der Waals surface area contributed by atoms with Gasteiger partial charge < -0.3 is 10.9 Å². The highest BCUT2D eigenvalue weighted by Crippen LogP contribution is 2.09. The normalized spacial score (nSPS) is 20.6. The Labute approximate surface area is 112 Å². The van der Waals surface area contributed by atoms with Crippen molar-refractivity contribution in [1.82, 2.24) is 9.21 Å². The molecule has 0 unspecified atom stereocenters. The first-order valence-electron chi connectivity index (χ1n) is 5.48. The Kier molecular flexibility index (Phi) is 5.12. The van der Waals surface area contributed by atoms with Gasteiger partial charge in [-0.1, -0.05) is 5.16 Å². The van der Waals surface area contributed by atoms with Gasteiger partial charge in [0, 0.05) is 32.4 Å². The minimum absolute atomic E-state index is 0.0486. The summed E-state index contributed by atoms with van der Waals surface area (Å²) in [7, 11) is -7.37. The van der Waals surface area contributed by atoms with E-state index in [0.29, 0.717) is 13.1 Å². The second kappa shape index (κ2) is 6.03. The number of hydrogen-bond acceptors (Lipinski definition) is 7. The molecule has 19 heavy (non-hydrogen) atoms. The lowest BCUT2D eigenvalue weighted by atomic mass is 10.3. The Morgan fingerprint density at radius 1 is 1.21 bits per heavy atom. The highest BCUT2D eigenvalue weighted by Gasteiger charge is 2.29. The Bertz CT molecular complexity index is 533. The number of nitrogens with zero attached hydrogens (tertiary/aromatic N) is 3. The molecule has 0 aromatic carbocycles. The topological polar surface area (TPSA) is 133 Å². The van der Waals surface area contributed by atoms with E-state index < -0.39 is 24.9 Å². The number of hydrogen-bond donors (Lipinski definition) is 2. The molecule has 1 heterocycles. The molecule has 3 N–H and O–H groups in total. The summed E-state index contributed by atoms with van der Waals surface area (Å²) < 4.78 is 46.9. The summed E-state index contributed by atoms with van der Waals surface area (Å²) in [5.41, 5.74) is 5.35. The molecule has 0 atom stereocenters. The monoisotopic (exact) mass is 314 g/mol. The van der Waals surface area contributed by atoms with Gasteiger partial charge in [0.15, 0.2) is 20.8 Å². The molecule has 0 bridgehead atoms. The summed E-state index contributed by atoms with van der Waals surface area (Å²) in [5.74, 6) is 0.0486. The molecule has 1 fully saturated rings. The van der Waals surface area contributed by atoms with Crippen molar-refractivity contribution >= 4 is 25.7 Å². The molecule has 112 valence electrons. The molecule has 0 radical (unpaired) electrons. The molecule has 0 spiro atoms. The van der Waals surface area contributed by atoms with Crippen LogP contribution in [-0.2, 0) is 19.9 Å². The predicted molar refractivity (Wildman–Crippen MR) is 70.1 cm³/mol. The highest BCUT2D eigenvalue weighted by molar-refractivity contribution is 8.06. The first-order valence-corrected chi connectivity index (χ1v) is 9.15. The molecule has 9 nitrogen and oxygen atoms in total. The van der Waals surface area contributed by atoms with Crippen LogP contribution >= 0.6 is 0 Å². The summed E-state index contributed by atoms with van der Waals surface area (Å²) in [6.07, 6.45) is 0.888. The lowest BCUT2D eigenvalue weighted by Gasteiger charge is -2.33. The minimum atomic E-state index is -3.79. The van der Waals surface area contributed by atoms with Crippen LogP contribution in [0.3, 0.4) is 0 Å². The van der Waals surface area contributed by atoms with E-state index in [4.69, 9.17) is 10.9 Å². The zero-order valence-corrected chi connectivity index (χ0v) is 12.2. The molecule has 0 saturated carbocycles. The summed E-state index contributed by atoms with van der Waals surface area (Å²) >= 11 is 0. The van der Waals surface area contributed by atoms with Crippen LogP contribution in [0.2, 0.25) is 0 Å². The van der Waals surface area contributed by atoms with Crippen LogP contribution in [0.25, 0.3) is 0 Å². The average molecular weight is 314 g/mol. The van der Waals surface area contributed by atoms with Gasteiger partial charge in [-0.15, -0.1) is 0 Å². The van der Waals surface area contributed by atoms with E-state index in [1.54, 1.807) is 0 Å². The molecule has 1 aliphatic rings. The third-order valence-electron chi connectivity index (χ3n) is 2.60. The van der Waals surface area contributed by atoms with Gasteiger partial charge in [0.25, 0.3) is 0 Å². The highest BCUT2D eigenvalue weighted by atomic mass is 32.3. The van der Waals surface area contributed by atoms with Crippen molar-refractivity contribution in [2.24, 2.45) is 10.9 Å². The maximum atomic E-state index is 11.8.